The molecule has 0 bridgehead atoms. The molecule has 0 unspecified atom stereocenters. The van der Waals surface area contributed by atoms with Crippen LogP contribution in [0.1, 0.15) is 5.56 Å². The average Bonchev–Trinajstić information content (AvgIpc) is 2.98. The zero-order valence-corrected chi connectivity index (χ0v) is 13.0. The highest BCUT2D eigenvalue weighted by molar-refractivity contribution is 7.14. The number of aromatic nitrogens is 2. The van der Waals surface area contributed by atoms with Crippen molar-refractivity contribution >= 4 is 33.8 Å². The van der Waals surface area contributed by atoms with E-state index in [2.05, 4.69) is 15.3 Å². The van der Waals surface area contributed by atoms with Crippen molar-refractivity contribution in [1.82, 2.24) is 9.97 Å². The summed E-state index contributed by atoms with van der Waals surface area (Å²) in [5, 5.41) is 5.29. The van der Waals surface area contributed by atoms with Crippen LogP contribution in [0.15, 0.2) is 48.1 Å². The van der Waals surface area contributed by atoms with Crippen LogP contribution in [0.4, 0.5) is 24.0 Å². The van der Waals surface area contributed by atoms with Gasteiger partial charge in [0.15, 0.2) is 5.13 Å². The number of nitrogens with zero attached hydrogens (tertiary/aromatic N) is 2. The van der Waals surface area contributed by atoms with Crippen LogP contribution in [0.5, 0.6) is 0 Å². The molecule has 0 fully saturated rings. The second-order valence-electron chi connectivity index (χ2n) is 4.59. The van der Waals surface area contributed by atoms with Crippen LogP contribution in [0, 0.1) is 0 Å². The molecule has 23 heavy (non-hydrogen) atoms. The van der Waals surface area contributed by atoms with Gasteiger partial charge in [0.2, 0.25) is 0 Å². The lowest BCUT2D eigenvalue weighted by Gasteiger charge is -2.10. The second-order valence-corrected chi connectivity index (χ2v) is 5.86. The SMILES string of the molecule is FC(F)(F)c1ccc(Cl)c(Nc2nc(-c3ccncc3)cs2)c1. The van der Waals surface area contributed by atoms with Crippen LogP contribution in [0.3, 0.4) is 0 Å². The van der Waals surface area contributed by atoms with Crippen molar-refractivity contribution < 1.29 is 13.2 Å². The number of nitrogens with one attached hydrogen (secondary N) is 1. The zero-order valence-electron chi connectivity index (χ0n) is 11.4. The molecule has 8 heteroatoms. The molecule has 0 amide bonds. The molecule has 3 nitrogen and oxygen atoms in total. The van der Waals surface area contributed by atoms with E-state index in [4.69, 9.17) is 11.6 Å². The fourth-order valence-electron chi connectivity index (χ4n) is 1.90. The largest absolute Gasteiger partial charge is 0.416 e. The molecule has 0 aliphatic heterocycles. The van der Waals surface area contributed by atoms with Crippen LogP contribution in [-0.2, 0) is 6.18 Å². The Kier molecular flexibility index (Phi) is 4.23. The van der Waals surface area contributed by atoms with Gasteiger partial charge in [0.05, 0.1) is 22.0 Å². The Morgan fingerprint density at radius 3 is 2.52 bits per heavy atom. The van der Waals surface area contributed by atoms with Gasteiger partial charge in [0, 0.05) is 23.3 Å². The maximum absolute atomic E-state index is 12.8. The molecular formula is C15H9ClF3N3S. The Bertz CT molecular complexity index is 818. The molecule has 118 valence electrons. The topological polar surface area (TPSA) is 37.8 Å². The van der Waals surface area contributed by atoms with Gasteiger partial charge in [-0.2, -0.15) is 13.2 Å². The number of halogens is 4. The zero-order chi connectivity index (χ0) is 16.4. The molecule has 0 radical (unpaired) electrons. The Morgan fingerprint density at radius 1 is 1.09 bits per heavy atom. The molecule has 3 aromatic rings. The van der Waals surface area contributed by atoms with E-state index in [1.165, 1.54) is 17.4 Å². The predicted molar refractivity (Wildman–Crippen MR) is 85.1 cm³/mol. The van der Waals surface area contributed by atoms with Crippen molar-refractivity contribution in [3.05, 3.63) is 58.7 Å². The van der Waals surface area contributed by atoms with Crippen LogP contribution in [0.25, 0.3) is 11.3 Å². The summed E-state index contributed by atoms with van der Waals surface area (Å²) in [6.45, 7) is 0. The highest BCUT2D eigenvalue weighted by Gasteiger charge is 2.31. The molecule has 2 heterocycles. The second kappa shape index (κ2) is 6.17. The number of anilines is 2. The highest BCUT2D eigenvalue weighted by Crippen LogP contribution is 2.36. The van der Waals surface area contributed by atoms with E-state index in [-0.39, 0.29) is 10.7 Å². The van der Waals surface area contributed by atoms with Crippen LogP contribution >= 0.6 is 22.9 Å². The molecule has 0 aliphatic rings. The molecule has 3 rings (SSSR count). The summed E-state index contributed by atoms with van der Waals surface area (Å²) in [4.78, 5) is 8.27. The van der Waals surface area contributed by atoms with E-state index >= 15 is 0 Å². The Morgan fingerprint density at radius 2 is 1.83 bits per heavy atom. The van der Waals surface area contributed by atoms with E-state index in [0.29, 0.717) is 10.8 Å². The summed E-state index contributed by atoms with van der Waals surface area (Å²) in [6.07, 6.45) is -1.14. The van der Waals surface area contributed by atoms with Gasteiger partial charge in [-0.1, -0.05) is 11.6 Å². The van der Waals surface area contributed by atoms with Crippen molar-refractivity contribution in [1.29, 1.82) is 0 Å². The van der Waals surface area contributed by atoms with E-state index in [1.807, 2.05) is 0 Å². The highest BCUT2D eigenvalue weighted by atomic mass is 35.5. The number of hydrogen-bond donors (Lipinski definition) is 1. The standard InChI is InChI=1S/C15H9ClF3N3S/c16-11-2-1-10(15(17,18)19)7-12(11)21-14-22-13(8-23-14)9-3-5-20-6-4-9/h1-8H,(H,21,22). The summed E-state index contributed by atoms with van der Waals surface area (Å²) in [7, 11) is 0. The quantitative estimate of drug-likeness (QED) is 0.662. The van der Waals surface area contributed by atoms with Crippen molar-refractivity contribution in [3.8, 4) is 11.3 Å². The van der Waals surface area contributed by atoms with Gasteiger partial charge in [0.25, 0.3) is 0 Å². The van der Waals surface area contributed by atoms with E-state index < -0.39 is 11.7 Å². The van der Waals surface area contributed by atoms with Gasteiger partial charge in [-0.05, 0) is 30.3 Å². The van der Waals surface area contributed by atoms with Crippen molar-refractivity contribution in [2.24, 2.45) is 0 Å². The molecular weight excluding hydrogens is 347 g/mol. The molecule has 0 atom stereocenters. The number of benzene rings is 1. The lowest BCUT2D eigenvalue weighted by atomic mass is 10.2. The van der Waals surface area contributed by atoms with Gasteiger partial charge >= 0.3 is 6.18 Å². The maximum Gasteiger partial charge on any atom is 0.416 e. The third-order valence-electron chi connectivity index (χ3n) is 3.02. The van der Waals surface area contributed by atoms with Crippen molar-refractivity contribution in [2.75, 3.05) is 5.32 Å². The van der Waals surface area contributed by atoms with Gasteiger partial charge in [-0.25, -0.2) is 4.98 Å². The molecule has 0 spiro atoms. The predicted octanol–water partition coefficient (Wildman–Crippen LogP) is 5.62. The number of thiazole rings is 1. The van der Waals surface area contributed by atoms with Crippen molar-refractivity contribution in [2.45, 2.75) is 6.18 Å². The lowest BCUT2D eigenvalue weighted by Crippen LogP contribution is -2.05. The minimum Gasteiger partial charge on any atom is -0.330 e. The van der Waals surface area contributed by atoms with Gasteiger partial charge in [0.1, 0.15) is 0 Å². The number of hydrogen-bond acceptors (Lipinski definition) is 4. The third-order valence-corrected chi connectivity index (χ3v) is 4.10. The number of alkyl halides is 3. The Labute approximate surface area is 138 Å². The Balaban J connectivity index is 1.87. The molecule has 1 N–H and O–H groups in total. The fraction of sp³-hybridized carbons (Fsp3) is 0.0667. The summed E-state index contributed by atoms with van der Waals surface area (Å²) in [5.74, 6) is 0. The Hall–Kier alpha value is -2.12. The molecule has 2 aromatic heterocycles. The van der Waals surface area contributed by atoms with Gasteiger partial charge in [-0.15, -0.1) is 11.3 Å². The van der Waals surface area contributed by atoms with Crippen LogP contribution in [0.2, 0.25) is 5.02 Å². The molecule has 0 saturated carbocycles. The molecule has 1 aromatic carbocycles. The van der Waals surface area contributed by atoms with E-state index in [1.54, 1.807) is 29.9 Å². The minimum absolute atomic E-state index is 0.164. The monoisotopic (exact) mass is 355 g/mol. The van der Waals surface area contributed by atoms with E-state index in [0.717, 1.165) is 17.7 Å². The molecule has 0 saturated heterocycles. The number of rotatable bonds is 3. The van der Waals surface area contributed by atoms with Gasteiger partial charge in [-0.3, -0.25) is 4.98 Å². The summed E-state index contributed by atoms with van der Waals surface area (Å²) >= 11 is 7.24. The summed E-state index contributed by atoms with van der Waals surface area (Å²) < 4.78 is 38.3. The normalized spacial score (nSPS) is 11.5. The first kappa shape index (κ1) is 15.8. The van der Waals surface area contributed by atoms with Gasteiger partial charge < -0.3 is 5.32 Å². The van der Waals surface area contributed by atoms with Crippen molar-refractivity contribution in [3.63, 3.8) is 0 Å². The average molecular weight is 356 g/mol. The van der Waals surface area contributed by atoms with Crippen LogP contribution < -0.4 is 5.32 Å². The number of pyridine rings is 1. The lowest BCUT2D eigenvalue weighted by molar-refractivity contribution is -0.137. The fourth-order valence-corrected chi connectivity index (χ4v) is 2.80. The van der Waals surface area contributed by atoms with Crippen LogP contribution in [-0.4, -0.2) is 9.97 Å². The third kappa shape index (κ3) is 3.62. The first-order valence-corrected chi connectivity index (χ1v) is 7.69. The smallest absolute Gasteiger partial charge is 0.330 e. The minimum atomic E-state index is -4.42. The molecule has 0 aliphatic carbocycles. The first-order valence-electron chi connectivity index (χ1n) is 6.43. The maximum atomic E-state index is 12.8. The summed E-state index contributed by atoms with van der Waals surface area (Å²) in [5.41, 5.74) is 0.981. The van der Waals surface area contributed by atoms with E-state index in [9.17, 15) is 13.2 Å². The first-order chi connectivity index (χ1) is 10.9. The summed E-state index contributed by atoms with van der Waals surface area (Å²) in [6, 6.07) is 6.73.